The second-order valence-electron chi connectivity index (χ2n) is 4.08. The van der Waals surface area contributed by atoms with Gasteiger partial charge in [0.1, 0.15) is 17.2 Å². The fourth-order valence-corrected chi connectivity index (χ4v) is 2.36. The number of hydrogen-bond acceptors (Lipinski definition) is 2. The number of imidazole rings is 1. The predicted molar refractivity (Wildman–Crippen MR) is 75.9 cm³/mol. The van der Waals surface area contributed by atoms with Crippen molar-refractivity contribution in [3.8, 4) is 11.4 Å². The van der Waals surface area contributed by atoms with Gasteiger partial charge in [-0.1, -0.05) is 29.3 Å². The molecule has 1 aromatic heterocycles. The van der Waals surface area contributed by atoms with Crippen molar-refractivity contribution in [2.75, 3.05) is 5.73 Å². The Labute approximate surface area is 118 Å². The molecule has 3 aromatic rings. The molecule has 19 heavy (non-hydrogen) atoms. The van der Waals surface area contributed by atoms with E-state index < -0.39 is 5.82 Å². The van der Waals surface area contributed by atoms with Crippen LogP contribution in [-0.2, 0) is 0 Å². The summed E-state index contributed by atoms with van der Waals surface area (Å²) in [6, 6.07) is 7.86. The van der Waals surface area contributed by atoms with Gasteiger partial charge in [-0.15, -0.1) is 0 Å². The first-order valence-corrected chi connectivity index (χ1v) is 6.21. The van der Waals surface area contributed by atoms with Gasteiger partial charge < -0.3 is 10.7 Å². The quantitative estimate of drug-likeness (QED) is 0.659. The van der Waals surface area contributed by atoms with Crippen LogP contribution in [0.25, 0.3) is 22.4 Å². The Morgan fingerprint density at radius 1 is 1.21 bits per heavy atom. The fraction of sp³-hybridized carbons (Fsp3) is 0. The molecule has 0 aliphatic rings. The SMILES string of the molecule is Nc1cc(Cl)cc2[nH]c(-c3cccc(F)c3Cl)nc12. The number of nitrogens with two attached hydrogens (primary N) is 1. The fourth-order valence-electron chi connectivity index (χ4n) is 1.92. The molecule has 0 saturated carbocycles. The lowest BCUT2D eigenvalue weighted by atomic mass is 10.2. The van der Waals surface area contributed by atoms with Crippen LogP contribution >= 0.6 is 23.2 Å². The van der Waals surface area contributed by atoms with Crippen LogP contribution in [0.4, 0.5) is 10.1 Å². The van der Waals surface area contributed by atoms with E-state index >= 15 is 0 Å². The lowest BCUT2D eigenvalue weighted by Crippen LogP contribution is -1.87. The van der Waals surface area contributed by atoms with Crippen LogP contribution in [0.1, 0.15) is 0 Å². The molecule has 0 aliphatic carbocycles. The Bertz CT molecular complexity index is 783. The van der Waals surface area contributed by atoms with E-state index in [4.69, 9.17) is 28.9 Å². The first-order valence-electron chi connectivity index (χ1n) is 5.45. The van der Waals surface area contributed by atoms with Gasteiger partial charge in [-0.25, -0.2) is 9.37 Å². The maximum Gasteiger partial charge on any atom is 0.142 e. The topological polar surface area (TPSA) is 54.7 Å². The number of H-pyrrole nitrogens is 1. The van der Waals surface area contributed by atoms with Crippen molar-refractivity contribution in [2.45, 2.75) is 0 Å². The number of anilines is 1. The van der Waals surface area contributed by atoms with Crippen molar-refractivity contribution >= 4 is 39.9 Å². The van der Waals surface area contributed by atoms with Crippen LogP contribution in [0.5, 0.6) is 0 Å². The Hall–Kier alpha value is -1.78. The molecule has 0 unspecified atom stereocenters. The number of halogens is 3. The van der Waals surface area contributed by atoms with Crippen LogP contribution in [-0.4, -0.2) is 9.97 Å². The lowest BCUT2D eigenvalue weighted by Gasteiger charge is -2.00. The molecule has 0 fully saturated rings. The van der Waals surface area contributed by atoms with E-state index in [1.54, 1.807) is 24.3 Å². The largest absolute Gasteiger partial charge is 0.397 e. The first-order chi connectivity index (χ1) is 9.06. The summed E-state index contributed by atoms with van der Waals surface area (Å²) in [5.74, 6) is -0.0425. The number of aromatic amines is 1. The highest BCUT2D eigenvalue weighted by Crippen LogP contribution is 2.31. The van der Waals surface area contributed by atoms with Crippen LogP contribution in [0.2, 0.25) is 10.0 Å². The van der Waals surface area contributed by atoms with Crippen molar-refractivity contribution in [3.05, 3.63) is 46.2 Å². The van der Waals surface area contributed by atoms with Gasteiger partial charge in [0.25, 0.3) is 0 Å². The van der Waals surface area contributed by atoms with Gasteiger partial charge in [0.05, 0.1) is 16.2 Å². The minimum Gasteiger partial charge on any atom is -0.397 e. The summed E-state index contributed by atoms with van der Waals surface area (Å²) in [6.07, 6.45) is 0. The Balaban J connectivity index is 2.26. The van der Waals surface area contributed by atoms with Crippen molar-refractivity contribution in [1.29, 1.82) is 0 Å². The zero-order valence-corrected chi connectivity index (χ0v) is 11.1. The van der Waals surface area contributed by atoms with E-state index in [9.17, 15) is 4.39 Å². The summed E-state index contributed by atoms with van der Waals surface area (Å²) in [4.78, 5) is 7.37. The number of aromatic nitrogens is 2. The number of benzene rings is 2. The molecule has 0 amide bonds. The van der Waals surface area contributed by atoms with Crippen molar-refractivity contribution in [1.82, 2.24) is 9.97 Å². The summed E-state index contributed by atoms with van der Waals surface area (Å²) in [5.41, 5.74) is 8.04. The average Bonchev–Trinajstić information content (AvgIpc) is 2.76. The number of nitrogen functional groups attached to an aromatic ring is 1. The molecule has 1 heterocycles. The van der Waals surface area contributed by atoms with E-state index in [0.717, 1.165) is 0 Å². The third kappa shape index (κ3) is 2.03. The van der Waals surface area contributed by atoms with Gasteiger partial charge in [0.2, 0.25) is 0 Å². The molecule has 6 heteroatoms. The number of hydrogen-bond donors (Lipinski definition) is 2. The maximum atomic E-state index is 13.4. The summed E-state index contributed by atoms with van der Waals surface area (Å²) in [5, 5.41) is 0.525. The van der Waals surface area contributed by atoms with Crippen LogP contribution < -0.4 is 5.73 Å². The molecule has 0 aliphatic heterocycles. The van der Waals surface area contributed by atoms with Gasteiger partial charge in [-0.05, 0) is 24.3 Å². The third-order valence-electron chi connectivity index (χ3n) is 2.79. The number of rotatable bonds is 1. The smallest absolute Gasteiger partial charge is 0.142 e. The summed E-state index contributed by atoms with van der Waals surface area (Å²) in [6.45, 7) is 0. The summed E-state index contributed by atoms with van der Waals surface area (Å²) in [7, 11) is 0. The minimum absolute atomic E-state index is 0.0197. The van der Waals surface area contributed by atoms with E-state index in [2.05, 4.69) is 9.97 Å². The monoisotopic (exact) mass is 295 g/mol. The molecule has 96 valence electrons. The minimum atomic E-state index is -0.495. The van der Waals surface area contributed by atoms with E-state index in [1.807, 2.05) is 0 Å². The second kappa shape index (κ2) is 4.40. The number of fused-ring (bicyclic) bond motifs is 1. The molecule has 3 rings (SSSR count). The van der Waals surface area contributed by atoms with E-state index in [-0.39, 0.29) is 5.02 Å². The van der Waals surface area contributed by atoms with Gasteiger partial charge in [-0.2, -0.15) is 0 Å². The van der Waals surface area contributed by atoms with Gasteiger partial charge in [-0.3, -0.25) is 0 Å². The summed E-state index contributed by atoms with van der Waals surface area (Å²) >= 11 is 11.9. The Morgan fingerprint density at radius 3 is 2.79 bits per heavy atom. The molecule has 0 spiro atoms. The Kier molecular flexibility index (Phi) is 2.84. The molecule has 0 bridgehead atoms. The molecule has 0 atom stereocenters. The molecule has 3 nitrogen and oxygen atoms in total. The molecule has 0 saturated heterocycles. The normalized spacial score (nSPS) is 11.1. The predicted octanol–water partition coefficient (Wildman–Crippen LogP) is 4.26. The molecular formula is C13H8Cl2FN3. The third-order valence-corrected chi connectivity index (χ3v) is 3.39. The zero-order valence-electron chi connectivity index (χ0n) is 9.55. The number of nitrogens with one attached hydrogen (secondary N) is 1. The molecule has 2 aromatic carbocycles. The van der Waals surface area contributed by atoms with Crippen molar-refractivity contribution in [3.63, 3.8) is 0 Å². The summed E-state index contributed by atoms with van der Waals surface area (Å²) < 4.78 is 13.4. The lowest BCUT2D eigenvalue weighted by molar-refractivity contribution is 0.628. The highest BCUT2D eigenvalue weighted by molar-refractivity contribution is 6.33. The maximum absolute atomic E-state index is 13.4. The van der Waals surface area contributed by atoms with Gasteiger partial charge in [0, 0.05) is 10.6 Å². The van der Waals surface area contributed by atoms with Gasteiger partial charge >= 0.3 is 0 Å². The van der Waals surface area contributed by atoms with Crippen molar-refractivity contribution in [2.24, 2.45) is 0 Å². The van der Waals surface area contributed by atoms with E-state index in [0.29, 0.717) is 33.1 Å². The molecule has 3 N–H and O–H groups in total. The zero-order chi connectivity index (χ0) is 13.6. The van der Waals surface area contributed by atoms with Crippen molar-refractivity contribution < 1.29 is 4.39 Å². The van der Waals surface area contributed by atoms with E-state index in [1.165, 1.54) is 6.07 Å². The highest BCUT2D eigenvalue weighted by Gasteiger charge is 2.13. The molecular weight excluding hydrogens is 288 g/mol. The number of nitrogens with zero attached hydrogens (tertiary/aromatic N) is 1. The first kappa shape index (κ1) is 12.3. The highest BCUT2D eigenvalue weighted by atomic mass is 35.5. The average molecular weight is 296 g/mol. The standard InChI is InChI=1S/C13H8Cl2FN3/c14-6-4-9(17)12-10(5-6)18-13(19-12)7-2-1-3-8(16)11(7)15/h1-5H,17H2,(H,18,19). The van der Waals surface area contributed by atoms with Crippen LogP contribution in [0.15, 0.2) is 30.3 Å². The second-order valence-corrected chi connectivity index (χ2v) is 4.89. The van der Waals surface area contributed by atoms with Crippen LogP contribution in [0, 0.1) is 5.82 Å². The van der Waals surface area contributed by atoms with Crippen LogP contribution in [0.3, 0.4) is 0 Å². The Morgan fingerprint density at radius 2 is 2.00 bits per heavy atom. The molecule has 0 radical (unpaired) electrons. The van der Waals surface area contributed by atoms with Gasteiger partial charge in [0.15, 0.2) is 0 Å².